The van der Waals surface area contributed by atoms with E-state index >= 15 is 0 Å². The average Bonchev–Trinajstić information content (AvgIpc) is 2.88. The van der Waals surface area contributed by atoms with Crippen molar-refractivity contribution in [3.8, 4) is 11.3 Å². The molecular weight excluding hydrogens is 242 g/mol. The zero-order chi connectivity index (χ0) is 13.1. The number of hydrogen-bond acceptors (Lipinski definition) is 4. The molecule has 3 heterocycles. The second-order valence-corrected chi connectivity index (χ2v) is 5.05. The molecule has 2 aromatic heterocycles. The molecule has 100 valence electrons. The number of aromatic nitrogens is 3. The Kier molecular flexibility index (Phi) is 3.31. The summed E-state index contributed by atoms with van der Waals surface area (Å²) in [7, 11) is 0. The van der Waals surface area contributed by atoms with Gasteiger partial charge in [0.15, 0.2) is 0 Å². The number of aliphatic hydroxyl groups is 1. The van der Waals surface area contributed by atoms with Gasteiger partial charge in [-0.2, -0.15) is 0 Å². The highest BCUT2D eigenvalue weighted by Crippen LogP contribution is 2.22. The van der Waals surface area contributed by atoms with E-state index in [1.54, 1.807) is 18.7 Å². The smallest absolute Gasteiger partial charge is 0.106 e. The molecule has 1 atom stereocenters. The fourth-order valence-electron chi connectivity index (χ4n) is 2.42. The molecule has 2 aromatic rings. The highest BCUT2D eigenvalue weighted by Gasteiger charge is 2.30. The van der Waals surface area contributed by atoms with Crippen LogP contribution >= 0.6 is 0 Å². The van der Waals surface area contributed by atoms with E-state index in [4.69, 9.17) is 4.74 Å². The van der Waals surface area contributed by atoms with Crippen LogP contribution in [-0.4, -0.2) is 38.5 Å². The Bertz CT molecular complexity index is 533. The molecule has 1 fully saturated rings. The van der Waals surface area contributed by atoms with Crippen molar-refractivity contribution in [2.45, 2.75) is 25.0 Å². The summed E-state index contributed by atoms with van der Waals surface area (Å²) in [5, 5.41) is 10.4. The summed E-state index contributed by atoms with van der Waals surface area (Å²) in [5.41, 5.74) is 1.15. The topological polar surface area (TPSA) is 60.2 Å². The van der Waals surface area contributed by atoms with Crippen LogP contribution in [0.2, 0.25) is 0 Å². The Hall–Kier alpha value is -1.72. The van der Waals surface area contributed by atoms with E-state index in [1.165, 1.54) is 0 Å². The van der Waals surface area contributed by atoms with Crippen LogP contribution in [0.5, 0.6) is 0 Å². The Morgan fingerprint density at radius 1 is 1.37 bits per heavy atom. The van der Waals surface area contributed by atoms with Crippen LogP contribution in [0.15, 0.2) is 37.1 Å². The minimum absolute atomic E-state index is 0.399. The first kappa shape index (κ1) is 12.3. The zero-order valence-corrected chi connectivity index (χ0v) is 10.7. The summed E-state index contributed by atoms with van der Waals surface area (Å²) in [5.74, 6) is 0. The first-order valence-electron chi connectivity index (χ1n) is 6.48. The van der Waals surface area contributed by atoms with E-state index in [2.05, 4.69) is 9.97 Å². The molecule has 5 heteroatoms. The number of rotatable bonds is 3. The van der Waals surface area contributed by atoms with Crippen LogP contribution in [0.4, 0.5) is 0 Å². The van der Waals surface area contributed by atoms with Gasteiger partial charge in [0.25, 0.3) is 0 Å². The summed E-state index contributed by atoms with van der Waals surface area (Å²) >= 11 is 0. The normalized spacial score (nSPS) is 23.4. The second-order valence-electron chi connectivity index (χ2n) is 5.05. The van der Waals surface area contributed by atoms with Crippen molar-refractivity contribution < 1.29 is 9.84 Å². The van der Waals surface area contributed by atoms with Crippen molar-refractivity contribution in [1.29, 1.82) is 0 Å². The van der Waals surface area contributed by atoms with Gasteiger partial charge in [0.05, 0.1) is 25.2 Å². The fraction of sp³-hybridized carbons (Fsp3) is 0.429. The number of hydrogen-bond donors (Lipinski definition) is 1. The van der Waals surface area contributed by atoms with Crippen LogP contribution in [0.25, 0.3) is 11.3 Å². The molecule has 0 radical (unpaired) electrons. The first-order valence-corrected chi connectivity index (χ1v) is 6.48. The van der Waals surface area contributed by atoms with Crippen molar-refractivity contribution in [2.75, 3.05) is 13.2 Å². The van der Waals surface area contributed by atoms with Crippen LogP contribution in [0.1, 0.15) is 12.8 Å². The lowest BCUT2D eigenvalue weighted by Gasteiger charge is -2.31. The quantitative estimate of drug-likeness (QED) is 0.907. The molecule has 5 nitrogen and oxygen atoms in total. The third kappa shape index (κ3) is 2.83. The molecule has 19 heavy (non-hydrogen) atoms. The maximum absolute atomic E-state index is 10.4. The summed E-state index contributed by atoms with van der Waals surface area (Å²) in [4.78, 5) is 8.36. The number of pyridine rings is 1. The Balaban J connectivity index is 1.75. The second kappa shape index (κ2) is 5.11. The van der Waals surface area contributed by atoms with Crippen molar-refractivity contribution in [3.05, 3.63) is 37.1 Å². The lowest BCUT2D eigenvalue weighted by atomic mass is 9.97. The van der Waals surface area contributed by atoms with E-state index in [-0.39, 0.29) is 0 Å². The highest BCUT2D eigenvalue weighted by molar-refractivity contribution is 5.56. The van der Waals surface area contributed by atoms with Gasteiger partial charge in [-0.1, -0.05) is 0 Å². The number of ether oxygens (including phenoxy) is 1. The van der Waals surface area contributed by atoms with E-state index < -0.39 is 5.60 Å². The molecular formula is C14H17N3O2. The van der Waals surface area contributed by atoms with E-state index in [1.807, 2.05) is 22.9 Å². The van der Waals surface area contributed by atoms with Crippen LogP contribution in [-0.2, 0) is 11.3 Å². The van der Waals surface area contributed by atoms with Crippen LogP contribution in [0.3, 0.4) is 0 Å². The summed E-state index contributed by atoms with van der Waals surface area (Å²) in [6.45, 7) is 1.66. The third-order valence-corrected chi connectivity index (χ3v) is 3.39. The van der Waals surface area contributed by atoms with Crippen molar-refractivity contribution in [1.82, 2.24) is 14.5 Å². The molecule has 1 aliphatic heterocycles. The molecule has 0 saturated carbocycles. The Labute approximate surface area is 111 Å². The molecule has 0 amide bonds. The summed E-state index contributed by atoms with van der Waals surface area (Å²) in [6.07, 6.45) is 8.87. The lowest BCUT2D eigenvalue weighted by molar-refractivity contribution is -0.0942. The van der Waals surface area contributed by atoms with Gasteiger partial charge in [-0.25, -0.2) is 4.98 Å². The third-order valence-electron chi connectivity index (χ3n) is 3.39. The minimum Gasteiger partial charge on any atom is -0.386 e. The molecule has 0 aromatic carbocycles. The predicted molar refractivity (Wildman–Crippen MR) is 70.5 cm³/mol. The first-order chi connectivity index (χ1) is 9.25. The van der Waals surface area contributed by atoms with Gasteiger partial charge in [0.2, 0.25) is 0 Å². The van der Waals surface area contributed by atoms with Crippen LogP contribution in [0, 0.1) is 0 Å². The minimum atomic E-state index is -0.769. The lowest BCUT2D eigenvalue weighted by Crippen LogP contribution is -2.42. The van der Waals surface area contributed by atoms with Gasteiger partial charge in [-0.3, -0.25) is 4.98 Å². The van der Waals surface area contributed by atoms with Crippen LogP contribution < -0.4 is 0 Å². The Morgan fingerprint density at radius 3 is 2.95 bits per heavy atom. The average molecular weight is 259 g/mol. The highest BCUT2D eigenvalue weighted by atomic mass is 16.5. The maximum Gasteiger partial charge on any atom is 0.106 e. The van der Waals surface area contributed by atoms with Gasteiger partial charge in [-0.15, -0.1) is 0 Å². The van der Waals surface area contributed by atoms with E-state index in [0.717, 1.165) is 30.7 Å². The van der Waals surface area contributed by atoms with Gasteiger partial charge >= 0.3 is 0 Å². The van der Waals surface area contributed by atoms with Gasteiger partial charge in [0.1, 0.15) is 5.60 Å². The molecule has 1 aliphatic rings. The summed E-state index contributed by atoms with van der Waals surface area (Å²) in [6, 6.07) is 3.84. The van der Waals surface area contributed by atoms with Crippen molar-refractivity contribution >= 4 is 0 Å². The Morgan fingerprint density at radius 2 is 2.21 bits per heavy atom. The summed E-state index contributed by atoms with van der Waals surface area (Å²) < 4.78 is 7.28. The molecule has 3 rings (SSSR count). The van der Waals surface area contributed by atoms with Crippen molar-refractivity contribution in [3.63, 3.8) is 0 Å². The molecule has 0 aliphatic carbocycles. The molecule has 1 N–H and O–H groups in total. The van der Waals surface area contributed by atoms with Gasteiger partial charge in [-0.05, 0) is 25.0 Å². The molecule has 0 spiro atoms. The van der Waals surface area contributed by atoms with Gasteiger partial charge < -0.3 is 14.4 Å². The molecule has 1 saturated heterocycles. The van der Waals surface area contributed by atoms with E-state index in [0.29, 0.717) is 13.2 Å². The monoisotopic (exact) mass is 259 g/mol. The standard InChI is InChI=1S/C14H17N3O2/c18-14(4-1-7-19-10-14)9-17-8-13(16-11-17)12-2-5-15-6-3-12/h2-3,5-6,8,11,18H,1,4,7,9-10H2. The zero-order valence-electron chi connectivity index (χ0n) is 10.7. The fourth-order valence-corrected chi connectivity index (χ4v) is 2.42. The van der Waals surface area contributed by atoms with Crippen molar-refractivity contribution in [2.24, 2.45) is 0 Å². The molecule has 1 unspecified atom stereocenters. The maximum atomic E-state index is 10.4. The van der Waals surface area contributed by atoms with Gasteiger partial charge in [0, 0.05) is 30.8 Å². The predicted octanol–water partition coefficient (Wildman–Crippen LogP) is 1.49. The largest absolute Gasteiger partial charge is 0.386 e. The van der Waals surface area contributed by atoms with E-state index in [9.17, 15) is 5.11 Å². The SMILES string of the molecule is OC1(Cn2cnc(-c3ccncc3)c2)CCCOC1. The molecule has 0 bridgehead atoms. The number of nitrogens with zero attached hydrogens (tertiary/aromatic N) is 3. The number of imidazole rings is 1.